The first-order valence-corrected chi connectivity index (χ1v) is 12.1. The van der Waals surface area contributed by atoms with Gasteiger partial charge >= 0.3 is 0 Å². The van der Waals surface area contributed by atoms with Gasteiger partial charge in [0.25, 0.3) is 11.8 Å². The Kier molecular flexibility index (Phi) is 11.0. The number of likely N-dealkylation sites (N-methyl/N-ethyl adjacent to an activating group) is 1. The average Bonchev–Trinajstić information content (AvgIpc) is 2.80. The highest BCUT2D eigenvalue weighted by Gasteiger charge is 2.32. The van der Waals surface area contributed by atoms with Gasteiger partial charge in [-0.3, -0.25) is 9.59 Å². The number of hydrogen-bond acceptors (Lipinski definition) is 7. The molecule has 0 bridgehead atoms. The fraction of sp³-hybridized carbons (Fsp3) is 0.522. The molecule has 0 unspecified atom stereocenters. The lowest BCUT2D eigenvalue weighted by Gasteiger charge is -2.34. The molecule has 0 aliphatic carbocycles. The Bertz CT molecular complexity index is 930. The topological polar surface area (TPSA) is 133 Å². The van der Waals surface area contributed by atoms with Gasteiger partial charge in [-0.25, -0.2) is 4.39 Å². The van der Waals surface area contributed by atoms with E-state index in [1.54, 1.807) is 17.6 Å². The Morgan fingerprint density at radius 3 is 2.50 bits per heavy atom. The van der Waals surface area contributed by atoms with Crippen LogP contribution >= 0.6 is 11.5 Å². The van der Waals surface area contributed by atoms with Crippen molar-refractivity contribution >= 4 is 29.0 Å². The van der Waals surface area contributed by atoms with E-state index in [0.29, 0.717) is 38.3 Å². The van der Waals surface area contributed by atoms with E-state index in [-0.39, 0.29) is 11.5 Å². The first kappa shape index (κ1) is 27.3. The zero-order valence-electron chi connectivity index (χ0n) is 19.4. The van der Waals surface area contributed by atoms with Crippen LogP contribution in [0.3, 0.4) is 0 Å². The Labute approximate surface area is 202 Å². The number of H-pyrrole nitrogens is 1. The third-order valence-corrected chi connectivity index (χ3v) is 6.17. The molecular weight excluding hydrogens is 461 g/mol. The standard InChI is InChI=1S/C21H29FN4O4.C2H3NS/c1-3-8-25(2)21(30)19(28)18(27)20(29)24-13-14-6-9-26(10-7-14)17-5-4-16(22)11-15(17)12-23;1-2-4-3-1/h4-5,11,14,18-19,27-28H,3,6-10,13H2,1-2H3,(H,24,29);1-3H/t18-,19-;/m1./s1. The number of benzene rings is 1. The molecular formula is C23H32FN5O4S. The number of aromatic amines is 1. The highest BCUT2D eigenvalue weighted by Crippen LogP contribution is 2.26. The quantitative estimate of drug-likeness (QED) is 0.442. The van der Waals surface area contributed by atoms with Crippen molar-refractivity contribution in [3.05, 3.63) is 41.2 Å². The summed E-state index contributed by atoms with van der Waals surface area (Å²) >= 11 is 1.61. The summed E-state index contributed by atoms with van der Waals surface area (Å²) in [4.78, 5) is 27.4. The van der Waals surface area contributed by atoms with Gasteiger partial charge in [0.2, 0.25) is 0 Å². The SMILES string of the molecule is CCCN(C)C(=O)[C@H](O)[C@@H](O)C(=O)NCC1CCN(c2ccc(F)cc2C#N)CC1.c1cs[nH]1. The molecule has 34 heavy (non-hydrogen) atoms. The van der Waals surface area contributed by atoms with E-state index >= 15 is 0 Å². The summed E-state index contributed by atoms with van der Waals surface area (Å²) in [5, 5.41) is 33.8. The number of aliphatic hydroxyl groups is 2. The van der Waals surface area contributed by atoms with E-state index in [9.17, 15) is 29.5 Å². The van der Waals surface area contributed by atoms with Gasteiger partial charge in [0, 0.05) is 44.8 Å². The lowest BCUT2D eigenvalue weighted by Crippen LogP contribution is -2.51. The molecule has 0 radical (unpaired) electrons. The van der Waals surface area contributed by atoms with Crippen LogP contribution in [0.15, 0.2) is 29.8 Å². The number of amides is 2. The Morgan fingerprint density at radius 2 is 1.97 bits per heavy atom. The lowest BCUT2D eigenvalue weighted by molar-refractivity contribution is -0.152. The fourth-order valence-corrected chi connectivity index (χ4v) is 3.76. The number of aliphatic hydroxyl groups excluding tert-OH is 2. The number of carbonyl (C=O) groups is 2. The van der Waals surface area contributed by atoms with Crippen molar-refractivity contribution in [3.8, 4) is 6.07 Å². The molecule has 0 saturated carbocycles. The Hall–Kier alpha value is -2.94. The van der Waals surface area contributed by atoms with Crippen molar-refractivity contribution in [1.82, 2.24) is 14.6 Å². The molecule has 2 atom stereocenters. The third-order valence-electron chi connectivity index (χ3n) is 5.63. The highest BCUT2D eigenvalue weighted by atomic mass is 32.1. The minimum Gasteiger partial charge on any atom is -0.380 e. The number of hydrogen-bond donors (Lipinski definition) is 4. The monoisotopic (exact) mass is 493 g/mol. The second-order valence-electron chi connectivity index (χ2n) is 8.14. The predicted molar refractivity (Wildman–Crippen MR) is 128 cm³/mol. The van der Waals surface area contributed by atoms with Crippen molar-refractivity contribution in [2.24, 2.45) is 5.92 Å². The third kappa shape index (κ3) is 7.83. The van der Waals surface area contributed by atoms with E-state index in [1.807, 2.05) is 29.5 Å². The van der Waals surface area contributed by atoms with Crippen molar-refractivity contribution in [1.29, 1.82) is 5.26 Å². The first-order valence-electron chi connectivity index (χ1n) is 11.2. The second kappa shape index (κ2) is 13.7. The summed E-state index contributed by atoms with van der Waals surface area (Å²) in [7, 11) is 1.51. The lowest BCUT2D eigenvalue weighted by atomic mass is 9.95. The maximum absolute atomic E-state index is 13.3. The van der Waals surface area contributed by atoms with Crippen LogP contribution in [-0.4, -0.2) is 76.7 Å². The van der Waals surface area contributed by atoms with E-state index < -0.39 is 29.8 Å². The zero-order chi connectivity index (χ0) is 25.1. The second-order valence-corrected chi connectivity index (χ2v) is 8.88. The van der Waals surface area contributed by atoms with Gasteiger partial charge in [0.1, 0.15) is 11.9 Å². The summed E-state index contributed by atoms with van der Waals surface area (Å²) in [6, 6.07) is 6.15. The summed E-state index contributed by atoms with van der Waals surface area (Å²) in [6.45, 7) is 3.90. The molecule has 1 aromatic heterocycles. The predicted octanol–water partition coefficient (Wildman–Crippen LogP) is 1.70. The van der Waals surface area contributed by atoms with Crippen molar-refractivity contribution in [2.45, 2.75) is 38.4 Å². The van der Waals surface area contributed by atoms with Crippen molar-refractivity contribution in [2.75, 3.05) is 38.1 Å². The average molecular weight is 494 g/mol. The van der Waals surface area contributed by atoms with Crippen LogP contribution in [0.2, 0.25) is 0 Å². The number of anilines is 1. The normalized spacial score (nSPS) is 15.5. The van der Waals surface area contributed by atoms with Crippen LogP contribution in [0.4, 0.5) is 10.1 Å². The molecule has 4 N–H and O–H groups in total. The molecule has 3 rings (SSSR count). The van der Waals surface area contributed by atoms with Crippen LogP contribution in [0.5, 0.6) is 0 Å². The number of aromatic nitrogens is 1. The zero-order valence-corrected chi connectivity index (χ0v) is 20.2. The maximum atomic E-state index is 13.3. The molecule has 1 aromatic carbocycles. The number of piperidine rings is 1. The Morgan fingerprint density at radius 1 is 1.35 bits per heavy atom. The minimum atomic E-state index is -1.82. The van der Waals surface area contributed by atoms with E-state index in [2.05, 4.69) is 9.69 Å². The van der Waals surface area contributed by atoms with Crippen LogP contribution in [0.1, 0.15) is 31.7 Å². The first-order chi connectivity index (χ1) is 16.3. The fourth-order valence-electron chi connectivity index (χ4n) is 3.62. The number of nitriles is 1. The van der Waals surface area contributed by atoms with Gasteiger partial charge in [0.05, 0.1) is 11.3 Å². The van der Waals surface area contributed by atoms with Gasteiger partial charge in [-0.05, 0) is 43.4 Å². The minimum absolute atomic E-state index is 0.152. The molecule has 186 valence electrons. The number of halogens is 1. The van der Waals surface area contributed by atoms with Crippen LogP contribution in [0, 0.1) is 23.1 Å². The van der Waals surface area contributed by atoms with Gasteiger partial charge in [-0.2, -0.15) is 5.26 Å². The summed E-state index contributed by atoms with van der Waals surface area (Å²) < 4.78 is 16.2. The molecule has 1 saturated heterocycles. The molecule has 1 aliphatic heterocycles. The van der Waals surface area contributed by atoms with E-state index in [0.717, 1.165) is 12.8 Å². The van der Waals surface area contributed by atoms with Gasteiger partial charge < -0.3 is 29.7 Å². The molecule has 11 heteroatoms. The summed E-state index contributed by atoms with van der Waals surface area (Å²) in [5.74, 6) is -1.78. The molecule has 9 nitrogen and oxygen atoms in total. The molecule has 2 aromatic rings. The van der Waals surface area contributed by atoms with Crippen molar-refractivity contribution in [3.63, 3.8) is 0 Å². The summed E-state index contributed by atoms with van der Waals surface area (Å²) in [5.41, 5.74) is 0.978. The Balaban J connectivity index is 0.000000920. The number of nitrogens with zero attached hydrogens (tertiary/aromatic N) is 3. The van der Waals surface area contributed by atoms with E-state index in [1.165, 1.54) is 24.1 Å². The highest BCUT2D eigenvalue weighted by molar-refractivity contribution is 7.04. The maximum Gasteiger partial charge on any atom is 0.254 e. The molecule has 2 amide bonds. The smallest absolute Gasteiger partial charge is 0.254 e. The van der Waals surface area contributed by atoms with E-state index in [4.69, 9.17) is 0 Å². The van der Waals surface area contributed by atoms with Crippen LogP contribution < -0.4 is 10.2 Å². The van der Waals surface area contributed by atoms with Crippen LogP contribution in [0.25, 0.3) is 0 Å². The summed E-state index contributed by atoms with van der Waals surface area (Å²) in [6.07, 6.45) is 0.438. The number of nitrogens with one attached hydrogen (secondary N) is 2. The molecule has 2 heterocycles. The van der Waals surface area contributed by atoms with Crippen molar-refractivity contribution < 1.29 is 24.2 Å². The molecule has 1 fully saturated rings. The van der Waals surface area contributed by atoms with Crippen LogP contribution in [-0.2, 0) is 9.59 Å². The number of carbonyl (C=O) groups excluding carboxylic acids is 2. The molecule has 0 spiro atoms. The van der Waals surface area contributed by atoms with Gasteiger partial charge in [-0.15, -0.1) is 0 Å². The number of rotatable bonds is 8. The molecule has 1 aliphatic rings. The van der Waals surface area contributed by atoms with Gasteiger partial charge in [-0.1, -0.05) is 18.5 Å². The van der Waals surface area contributed by atoms with Gasteiger partial charge in [0.15, 0.2) is 12.2 Å². The largest absolute Gasteiger partial charge is 0.380 e.